The fraction of sp³-hybridized carbons (Fsp3) is 0.552. The lowest BCUT2D eigenvalue weighted by Gasteiger charge is -2.35. The van der Waals surface area contributed by atoms with E-state index in [0.29, 0.717) is 38.8 Å². The molecule has 0 aliphatic carbocycles. The lowest BCUT2D eigenvalue weighted by atomic mass is 10.0. The van der Waals surface area contributed by atoms with Gasteiger partial charge in [0.2, 0.25) is 5.91 Å². The molecule has 3 N–H and O–H groups in total. The summed E-state index contributed by atoms with van der Waals surface area (Å²) in [6.45, 7) is 5.50. The number of allylic oxidation sites excluding steroid dienone is 3. The van der Waals surface area contributed by atoms with E-state index in [1.807, 2.05) is 62.4 Å². The maximum Gasteiger partial charge on any atom is 0.324 e. The van der Waals surface area contributed by atoms with Crippen molar-refractivity contribution in [1.82, 2.24) is 21.1 Å². The number of ether oxygens (including phenoxy) is 1. The SMILES string of the molecule is CC(C)[C@@H]1NCCCC/C=C/C=C/CCOC(=O)[C@@H]2CCCN(N2)C(=O)[C@H](Cc2ccccc2)NC1=O. The van der Waals surface area contributed by atoms with Crippen molar-refractivity contribution < 1.29 is 19.1 Å². The average Bonchev–Trinajstić information content (AvgIpc) is 2.90. The van der Waals surface area contributed by atoms with Gasteiger partial charge in [-0.25, -0.2) is 5.43 Å². The predicted molar refractivity (Wildman–Crippen MR) is 144 cm³/mol. The molecule has 1 fully saturated rings. The number of nitrogens with zero attached hydrogens (tertiary/aromatic N) is 1. The van der Waals surface area contributed by atoms with Gasteiger partial charge in [-0.1, -0.05) is 68.5 Å². The van der Waals surface area contributed by atoms with Crippen molar-refractivity contribution in [3.63, 3.8) is 0 Å². The Hall–Kier alpha value is -2.97. The van der Waals surface area contributed by atoms with Crippen LogP contribution in [0.4, 0.5) is 0 Å². The van der Waals surface area contributed by atoms with Crippen LogP contribution >= 0.6 is 0 Å². The van der Waals surface area contributed by atoms with Crippen LogP contribution in [0.5, 0.6) is 0 Å². The van der Waals surface area contributed by atoms with Crippen LogP contribution in [0, 0.1) is 5.92 Å². The second-order valence-electron chi connectivity index (χ2n) is 10.0. The third-order valence-electron chi connectivity index (χ3n) is 6.66. The molecule has 0 unspecified atom stereocenters. The van der Waals surface area contributed by atoms with E-state index in [2.05, 4.69) is 22.1 Å². The van der Waals surface area contributed by atoms with Gasteiger partial charge in [-0.15, -0.1) is 0 Å². The first kappa shape index (κ1) is 28.6. The molecule has 0 radical (unpaired) electrons. The molecule has 2 aliphatic heterocycles. The number of fused-ring (bicyclic) bond motifs is 2. The molecular weight excluding hydrogens is 468 g/mol. The smallest absolute Gasteiger partial charge is 0.324 e. The number of rotatable bonds is 3. The highest BCUT2D eigenvalue weighted by atomic mass is 16.5. The molecule has 1 aromatic carbocycles. The van der Waals surface area contributed by atoms with Gasteiger partial charge in [0.1, 0.15) is 12.1 Å². The Morgan fingerprint density at radius 2 is 1.76 bits per heavy atom. The maximum absolute atomic E-state index is 13.7. The molecule has 0 spiro atoms. The van der Waals surface area contributed by atoms with Crippen molar-refractivity contribution in [2.75, 3.05) is 19.7 Å². The summed E-state index contributed by atoms with van der Waals surface area (Å²) >= 11 is 0. The summed E-state index contributed by atoms with van der Waals surface area (Å²) in [5, 5.41) is 7.90. The molecule has 1 saturated heterocycles. The molecule has 3 atom stereocenters. The highest BCUT2D eigenvalue weighted by molar-refractivity contribution is 5.90. The van der Waals surface area contributed by atoms with Crippen LogP contribution in [0.2, 0.25) is 0 Å². The summed E-state index contributed by atoms with van der Waals surface area (Å²) in [6, 6.07) is 7.91. The highest BCUT2D eigenvalue weighted by Gasteiger charge is 2.34. The standard InChI is InChI=1S/C29H42N4O4/c1-22(2)26-27(34)31-25(21-23-15-10-9-11-16-23)28(35)33-19-14-17-24(32-33)29(36)37-20-13-8-6-4-3-5-7-12-18-30-26/h3-4,6,8-11,15-16,22,24-26,30,32H,5,7,12-14,17-21H2,1-2H3,(H,31,34)/b4-3+,8-6+/t24-,25-,26-/m0/s1. The van der Waals surface area contributed by atoms with Gasteiger partial charge in [-0.05, 0) is 56.6 Å². The van der Waals surface area contributed by atoms with Crippen LogP contribution in [0.25, 0.3) is 0 Å². The number of cyclic esters (lactones) is 1. The normalized spacial score (nSPS) is 27.1. The zero-order valence-corrected chi connectivity index (χ0v) is 22.2. The number of hydrogen-bond donors (Lipinski definition) is 3. The molecule has 2 bridgehead atoms. The van der Waals surface area contributed by atoms with E-state index in [1.54, 1.807) is 0 Å². The number of benzene rings is 1. The third kappa shape index (κ3) is 9.44. The lowest BCUT2D eigenvalue weighted by Crippen LogP contribution is -2.61. The molecule has 1 aromatic rings. The van der Waals surface area contributed by atoms with Gasteiger partial charge < -0.3 is 15.4 Å². The van der Waals surface area contributed by atoms with E-state index in [4.69, 9.17) is 4.74 Å². The highest BCUT2D eigenvalue weighted by Crippen LogP contribution is 2.14. The Labute approximate surface area is 220 Å². The van der Waals surface area contributed by atoms with Gasteiger partial charge in [-0.3, -0.25) is 19.4 Å². The first-order valence-electron chi connectivity index (χ1n) is 13.6. The Bertz CT molecular complexity index is 931. The van der Waals surface area contributed by atoms with Crippen LogP contribution in [-0.4, -0.2) is 60.6 Å². The average molecular weight is 511 g/mol. The van der Waals surface area contributed by atoms with E-state index in [0.717, 1.165) is 31.4 Å². The summed E-state index contributed by atoms with van der Waals surface area (Å²) in [5.74, 6) is -0.739. The predicted octanol–water partition coefficient (Wildman–Crippen LogP) is 3.05. The molecule has 37 heavy (non-hydrogen) atoms. The minimum atomic E-state index is -0.760. The Morgan fingerprint density at radius 1 is 1.00 bits per heavy atom. The van der Waals surface area contributed by atoms with E-state index < -0.39 is 18.1 Å². The zero-order chi connectivity index (χ0) is 26.5. The van der Waals surface area contributed by atoms with E-state index in [1.165, 1.54) is 5.01 Å². The van der Waals surface area contributed by atoms with Crippen LogP contribution < -0.4 is 16.1 Å². The monoisotopic (exact) mass is 510 g/mol. The zero-order valence-electron chi connectivity index (χ0n) is 22.2. The number of carbonyl (C=O) groups excluding carboxylic acids is 3. The van der Waals surface area contributed by atoms with Crippen LogP contribution in [0.1, 0.15) is 57.9 Å². The van der Waals surface area contributed by atoms with Crippen molar-refractivity contribution in [1.29, 1.82) is 0 Å². The maximum atomic E-state index is 13.7. The molecule has 8 heteroatoms. The molecule has 2 aliphatic rings. The van der Waals surface area contributed by atoms with E-state index in [-0.39, 0.29) is 23.7 Å². The molecule has 202 valence electrons. The van der Waals surface area contributed by atoms with Crippen LogP contribution in [-0.2, 0) is 25.5 Å². The Balaban J connectivity index is 1.79. The molecule has 2 heterocycles. The van der Waals surface area contributed by atoms with Gasteiger partial charge in [0.05, 0.1) is 12.6 Å². The van der Waals surface area contributed by atoms with Crippen molar-refractivity contribution in [2.24, 2.45) is 5.92 Å². The number of amides is 2. The lowest BCUT2D eigenvalue weighted by molar-refractivity contribution is -0.153. The second kappa shape index (κ2) is 15.3. The van der Waals surface area contributed by atoms with Crippen LogP contribution in [0.15, 0.2) is 54.6 Å². The fourth-order valence-electron chi connectivity index (χ4n) is 4.57. The number of hydrazine groups is 1. The van der Waals surface area contributed by atoms with Crippen molar-refractivity contribution in [2.45, 2.75) is 76.9 Å². The molecule has 3 rings (SSSR count). The molecule has 2 amide bonds. The molecule has 8 nitrogen and oxygen atoms in total. The minimum Gasteiger partial charge on any atom is -0.464 e. The van der Waals surface area contributed by atoms with Crippen LogP contribution in [0.3, 0.4) is 0 Å². The van der Waals surface area contributed by atoms with E-state index >= 15 is 0 Å². The summed E-state index contributed by atoms with van der Waals surface area (Å²) < 4.78 is 5.45. The first-order valence-corrected chi connectivity index (χ1v) is 13.6. The number of nitrogens with one attached hydrogen (secondary N) is 3. The summed E-state index contributed by atoms with van der Waals surface area (Å²) in [4.78, 5) is 39.7. The number of hydrogen-bond acceptors (Lipinski definition) is 6. The van der Waals surface area contributed by atoms with Gasteiger partial charge in [0.15, 0.2) is 0 Å². The van der Waals surface area contributed by atoms with Gasteiger partial charge in [-0.2, -0.15) is 0 Å². The Morgan fingerprint density at radius 3 is 2.51 bits per heavy atom. The molecule has 0 aromatic heterocycles. The first-order chi connectivity index (χ1) is 18.0. The Kier molecular flexibility index (Phi) is 11.8. The quantitative estimate of drug-likeness (QED) is 0.541. The molecular formula is C29H42N4O4. The largest absolute Gasteiger partial charge is 0.464 e. The summed E-state index contributed by atoms with van der Waals surface area (Å²) in [7, 11) is 0. The van der Waals surface area contributed by atoms with Gasteiger partial charge >= 0.3 is 5.97 Å². The van der Waals surface area contributed by atoms with Crippen molar-refractivity contribution in [3.05, 3.63) is 60.2 Å². The topological polar surface area (TPSA) is 99.8 Å². The third-order valence-corrected chi connectivity index (χ3v) is 6.66. The number of esters is 1. The number of carbonyl (C=O) groups is 3. The summed E-state index contributed by atoms with van der Waals surface area (Å²) in [6.07, 6.45) is 13.3. The van der Waals surface area contributed by atoms with Crippen molar-refractivity contribution >= 4 is 17.8 Å². The molecule has 0 saturated carbocycles. The second-order valence-corrected chi connectivity index (χ2v) is 10.0. The minimum absolute atomic E-state index is 0.0615. The fourth-order valence-corrected chi connectivity index (χ4v) is 4.57. The van der Waals surface area contributed by atoms with Crippen molar-refractivity contribution in [3.8, 4) is 0 Å². The summed E-state index contributed by atoms with van der Waals surface area (Å²) in [5.41, 5.74) is 4.01. The van der Waals surface area contributed by atoms with Gasteiger partial charge in [0, 0.05) is 13.0 Å². The van der Waals surface area contributed by atoms with Gasteiger partial charge in [0.25, 0.3) is 5.91 Å². The van der Waals surface area contributed by atoms with E-state index in [9.17, 15) is 14.4 Å².